The number of hydrogen-bond donors (Lipinski definition) is 6. The van der Waals surface area contributed by atoms with Crippen LogP contribution in [0.25, 0.3) is 0 Å². The Morgan fingerprint density at radius 3 is 1.66 bits per heavy atom. The number of carboxylic acids is 1. The summed E-state index contributed by atoms with van der Waals surface area (Å²) in [5, 5.41) is 38.8. The Morgan fingerprint density at radius 1 is 0.605 bits per heavy atom. The third-order valence-corrected chi connectivity index (χ3v) is 17.3. The van der Waals surface area contributed by atoms with E-state index in [1.165, 1.54) is 84.2 Å². The van der Waals surface area contributed by atoms with Crippen molar-refractivity contribution in [1.82, 2.24) is 5.32 Å². The number of aliphatic hydroxyl groups is 2. The highest BCUT2D eigenvalue weighted by atomic mass is 31.2. The number of phosphoric ester groups is 1. The molecule has 0 aromatic carbocycles. The molecule has 2 rings (SSSR count). The molecular weight excluding hydrogens is 1120 g/mol. The Bertz CT molecular complexity index is 1760. The number of hydrogen-bond acceptors (Lipinski definition) is 14. The van der Waals surface area contributed by atoms with E-state index in [4.69, 9.17) is 43.8 Å². The van der Waals surface area contributed by atoms with E-state index in [0.29, 0.717) is 32.2 Å². The average molecular weight is 1250 g/mol. The normalized spacial score (nSPS) is 25.3. The minimum atomic E-state index is -5.16. The standard InChI is InChI=1S/C68H130NO16P/c1-7-11-15-19-22-25-28-29-30-31-32-33-35-38-42-46-51-69-61-64(79-53-49-57(78-6)48-44-40-18-14-10-4)63(85-86(74,75)76)59(54-77-5)83-66(61)81-55-58-62(72)65(80-52-47-43-39-36-27-24-21-17-13-9-3)68(73,67(84-58)82-56-60(70)71)50-45-41-37-34-26-23-20-16-12-8-2/h22,25,29-30,57-59,61-67,69,72-73H,7-21,23-24,26-28,31-56H2,1-6H3,(H,70,71)(H2,74,75,76)/b25-22-,30-29-/t57-,58-,59-,61-,62-,63-,64-,65+,66-,67?,68-/m1/s1/i50D,52D/t50?,52?,57-,58-,59-,61-,62-,63-,64-,65+,66-,67?,68-. The number of ether oxygens (including phenoxy) is 8. The van der Waals surface area contributed by atoms with Gasteiger partial charge in [-0.2, -0.15) is 0 Å². The Hall–Kier alpha value is -1.38. The van der Waals surface area contributed by atoms with E-state index in [0.717, 1.165) is 141 Å². The van der Waals surface area contributed by atoms with Crippen LogP contribution in [0.3, 0.4) is 0 Å². The van der Waals surface area contributed by atoms with Gasteiger partial charge < -0.3 is 68.3 Å². The number of rotatable bonds is 60. The molecule has 0 aliphatic carbocycles. The van der Waals surface area contributed by atoms with Crippen LogP contribution in [0.15, 0.2) is 24.3 Å². The van der Waals surface area contributed by atoms with Crippen molar-refractivity contribution in [2.45, 2.75) is 351 Å². The molecule has 17 nitrogen and oxygen atoms in total. The second-order valence-corrected chi connectivity index (χ2v) is 25.6. The lowest BCUT2D eigenvalue weighted by molar-refractivity contribution is -0.356. The fourth-order valence-electron chi connectivity index (χ4n) is 11.6. The van der Waals surface area contributed by atoms with Gasteiger partial charge in [-0.1, -0.05) is 245 Å². The number of aliphatic hydroxyl groups excluding tert-OH is 1. The van der Waals surface area contributed by atoms with Gasteiger partial charge in [0.15, 0.2) is 12.6 Å². The van der Waals surface area contributed by atoms with Crippen LogP contribution in [0.2, 0.25) is 0 Å². The van der Waals surface area contributed by atoms with E-state index in [1.807, 2.05) is 0 Å². The Morgan fingerprint density at radius 2 is 1.12 bits per heavy atom. The molecule has 2 heterocycles. The summed E-state index contributed by atoms with van der Waals surface area (Å²) >= 11 is 0. The number of phosphoric acid groups is 1. The molecule has 2 aliphatic heterocycles. The van der Waals surface area contributed by atoms with E-state index < -0.39 is 101 Å². The number of methoxy groups -OCH3 is 2. The molecule has 6 N–H and O–H groups in total. The number of carboxylic acid groups (broad SMARTS) is 1. The largest absolute Gasteiger partial charge is 0.480 e. The van der Waals surface area contributed by atoms with Gasteiger partial charge in [0.05, 0.1) is 26.7 Å². The topological polar surface area (TPSA) is 230 Å². The third kappa shape index (κ3) is 37.8. The van der Waals surface area contributed by atoms with Crippen LogP contribution in [0, 0.1) is 0 Å². The van der Waals surface area contributed by atoms with Crippen molar-refractivity contribution in [2.75, 3.05) is 53.8 Å². The van der Waals surface area contributed by atoms with E-state index >= 15 is 0 Å². The Balaban J connectivity index is 2.48. The molecule has 0 aromatic rings. The monoisotopic (exact) mass is 1250 g/mol. The quantitative estimate of drug-likeness (QED) is 0.0189. The van der Waals surface area contributed by atoms with Crippen molar-refractivity contribution in [3.8, 4) is 0 Å². The highest BCUT2D eigenvalue weighted by Crippen LogP contribution is 2.43. The lowest BCUT2D eigenvalue weighted by Gasteiger charge is -2.50. The first-order valence-electron chi connectivity index (χ1n) is 35.8. The molecule has 0 amide bonds. The van der Waals surface area contributed by atoms with E-state index in [9.17, 15) is 35.8 Å². The van der Waals surface area contributed by atoms with Gasteiger partial charge >= 0.3 is 13.8 Å². The maximum Gasteiger partial charge on any atom is 0.470 e. The van der Waals surface area contributed by atoms with Gasteiger partial charge in [0.25, 0.3) is 0 Å². The number of aliphatic carboxylic acids is 1. The summed E-state index contributed by atoms with van der Waals surface area (Å²) in [5.74, 6) is -1.35. The summed E-state index contributed by atoms with van der Waals surface area (Å²) < 4.78 is 86.9. The minimum absolute atomic E-state index is 0.133. The van der Waals surface area contributed by atoms with Gasteiger partial charge in [-0.05, 0) is 70.7 Å². The van der Waals surface area contributed by atoms with Gasteiger partial charge in [-0.25, -0.2) is 9.36 Å². The average Bonchev–Trinajstić information content (AvgIpc) is 0.794. The van der Waals surface area contributed by atoms with Gasteiger partial charge in [0.2, 0.25) is 0 Å². The van der Waals surface area contributed by atoms with Crippen molar-refractivity contribution in [3.05, 3.63) is 24.3 Å². The molecule has 0 bridgehead atoms. The summed E-state index contributed by atoms with van der Waals surface area (Å²) in [6.07, 6.45) is 35.3. The Labute approximate surface area is 526 Å². The fraction of sp³-hybridized carbons (Fsp3) is 0.926. The number of allylic oxidation sites excluding steroid dienone is 4. The zero-order valence-corrected chi connectivity index (χ0v) is 55.9. The van der Waals surface area contributed by atoms with Crippen LogP contribution in [0.1, 0.15) is 287 Å². The lowest BCUT2D eigenvalue weighted by Crippen LogP contribution is -2.69. The highest BCUT2D eigenvalue weighted by Gasteiger charge is 2.57. The van der Waals surface area contributed by atoms with Gasteiger partial charge in [0.1, 0.15) is 48.8 Å². The molecule has 13 atom stereocenters. The van der Waals surface area contributed by atoms with Crippen LogP contribution in [-0.4, -0.2) is 152 Å². The molecule has 18 heteroatoms. The fourth-order valence-corrected chi connectivity index (χ4v) is 12.2. The van der Waals surface area contributed by atoms with Crippen molar-refractivity contribution in [2.24, 2.45) is 0 Å². The molecule has 0 spiro atoms. The van der Waals surface area contributed by atoms with Crippen LogP contribution < -0.4 is 5.32 Å². The maximum atomic E-state index is 12.9. The van der Waals surface area contributed by atoms with E-state index in [2.05, 4.69) is 57.3 Å². The number of unbranched alkanes of at least 4 members (excludes halogenated alkanes) is 29. The SMILES string of the molecule is [2H]C(CCCCCCCCCCC)O[C@H]1[C@H](O)[C@@H](CO[C@@H]2O[C@H](COC)[C@@H](OP(=O)(O)O)[C@H](OCC[C@@H](CCCCCCC)OC)[C@H]2NCCCCCCCC/C=C\C/C=C\CCCCC)OC(OCC(=O)O)[C@@]1(O)C([2H])CCCCCCCCCCC. The number of nitrogens with one attached hydrogen (secondary N) is 1. The molecular formula is C68H130NO16P. The molecule has 2 fully saturated rings. The maximum absolute atomic E-state index is 12.9. The summed E-state index contributed by atoms with van der Waals surface area (Å²) in [6.45, 7) is 6.63. The van der Waals surface area contributed by atoms with Crippen LogP contribution in [0.5, 0.6) is 0 Å². The molecule has 3 unspecified atom stereocenters. The number of carbonyl (C=O) groups is 1. The Kier molecular flexibility index (Phi) is 47.6. The van der Waals surface area contributed by atoms with Gasteiger partial charge in [-0.15, -0.1) is 0 Å². The first-order chi connectivity index (χ1) is 42.6. The summed E-state index contributed by atoms with van der Waals surface area (Å²) in [7, 11) is -2.06. The second-order valence-electron chi connectivity index (χ2n) is 24.4. The van der Waals surface area contributed by atoms with E-state index in [1.54, 1.807) is 7.11 Å². The summed E-state index contributed by atoms with van der Waals surface area (Å²) in [5.41, 5.74) is -2.41. The smallest absolute Gasteiger partial charge is 0.470 e. The van der Waals surface area contributed by atoms with Gasteiger partial charge in [0, 0.05) is 28.8 Å². The molecule has 508 valence electrons. The zero-order valence-electron chi connectivity index (χ0n) is 57.0. The van der Waals surface area contributed by atoms with Crippen LogP contribution in [0.4, 0.5) is 0 Å². The summed E-state index contributed by atoms with van der Waals surface area (Å²) in [4.78, 5) is 32.9. The van der Waals surface area contributed by atoms with Crippen molar-refractivity contribution in [3.63, 3.8) is 0 Å². The predicted octanol–water partition coefficient (Wildman–Crippen LogP) is 15.3. The molecule has 2 saturated heterocycles. The van der Waals surface area contributed by atoms with Gasteiger partial charge in [-0.3, -0.25) is 4.52 Å². The highest BCUT2D eigenvalue weighted by molar-refractivity contribution is 7.46. The summed E-state index contributed by atoms with van der Waals surface area (Å²) in [6, 6.07) is -0.927. The minimum Gasteiger partial charge on any atom is -0.480 e. The third-order valence-electron chi connectivity index (χ3n) is 16.8. The van der Waals surface area contributed by atoms with Crippen molar-refractivity contribution in [1.29, 1.82) is 0 Å². The molecule has 86 heavy (non-hydrogen) atoms. The molecule has 0 saturated carbocycles. The van der Waals surface area contributed by atoms with Crippen LogP contribution in [-0.2, 0) is 51.8 Å². The first-order valence-corrected chi connectivity index (χ1v) is 36.2. The zero-order chi connectivity index (χ0) is 64.5. The van der Waals surface area contributed by atoms with E-state index in [-0.39, 0.29) is 25.7 Å². The van der Waals surface area contributed by atoms with Crippen molar-refractivity contribution < 1.29 is 79.6 Å². The molecule has 0 aromatic heterocycles. The van der Waals surface area contributed by atoms with Crippen molar-refractivity contribution >= 4 is 13.8 Å². The lowest BCUT2D eigenvalue weighted by atomic mass is 9.82. The first kappa shape index (κ1) is 77.1. The molecule has 2 aliphatic rings. The van der Waals surface area contributed by atoms with Crippen LogP contribution >= 0.6 is 7.82 Å². The second kappa shape index (κ2) is 53.2. The molecule has 0 radical (unpaired) electrons. The predicted molar refractivity (Wildman–Crippen MR) is 344 cm³/mol.